The quantitative estimate of drug-likeness (QED) is 0.154. The van der Waals surface area contributed by atoms with Crippen molar-refractivity contribution in [3.8, 4) is 66.8 Å². The molecule has 1 nitrogen and oxygen atoms in total. The van der Waals surface area contributed by atoms with Crippen LogP contribution in [0.2, 0.25) is 0 Å². The van der Waals surface area contributed by atoms with Crippen LogP contribution in [0.15, 0.2) is 231 Å². The SMILES string of the molecule is CC1(C)c2ccccc2-c2ccc(-c3ccc(N(c4ccc(-c5ccc6c(c5)C(C)(c5ccccc5)c5ccccc5-6)cc4)c4ccccc4-c4cccc5c4C(C)(C)c4ccccc4-5)cc3)cc21. The summed E-state index contributed by atoms with van der Waals surface area (Å²) in [5.41, 5.74) is 27.8. The van der Waals surface area contributed by atoms with Gasteiger partial charge in [-0.3, -0.25) is 0 Å². The molecule has 0 heterocycles. The van der Waals surface area contributed by atoms with E-state index >= 15 is 0 Å². The summed E-state index contributed by atoms with van der Waals surface area (Å²) in [6.45, 7) is 11.9. The Balaban J connectivity index is 0.930. The van der Waals surface area contributed by atoms with E-state index in [9.17, 15) is 0 Å². The molecule has 1 heteroatoms. The van der Waals surface area contributed by atoms with Crippen molar-refractivity contribution < 1.29 is 0 Å². The number of para-hydroxylation sites is 1. The van der Waals surface area contributed by atoms with Crippen LogP contribution in [0.4, 0.5) is 17.1 Å². The summed E-state index contributed by atoms with van der Waals surface area (Å²) < 4.78 is 0. The Labute approximate surface area is 407 Å². The highest BCUT2D eigenvalue weighted by Crippen LogP contribution is 2.56. The van der Waals surface area contributed by atoms with E-state index in [1.165, 1.54) is 106 Å². The van der Waals surface area contributed by atoms with E-state index in [1.807, 2.05) is 0 Å². The first-order chi connectivity index (χ1) is 33.6. The first-order valence-corrected chi connectivity index (χ1v) is 24.5. The molecule has 0 aliphatic heterocycles. The first-order valence-electron chi connectivity index (χ1n) is 24.5. The maximum atomic E-state index is 2.46. The minimum absolute atomic E-state index is 0.0611. The highest BCUT2D eigenvalue weighted by Gasteiger charge is 2.41. The predicted octanol–water partition coefficient (Wildman–Crippen LogP) is 18.1. The van der Waals surface area contributed by atoms with E-state index in [-0.39, 0.29) is 16.2 Å². The van der Waals surface area contributed by atoms with Crippen molar-refractivity contribution in [2.24, 2.45) is 0 Å². The van der Waals surface area contributed by atoms with Crippen molar-refractivity contribution in [2.45, 2.75) is 50.9 Å². The fraction of sp³-hybridized carbons (Fsp3) is 0.118. The van der Waals surface area contributed by atoms with Gasteiger partial charge in [0.15, 0.2) is 0 Å². The summed E-state index contributed by atoms with van der Waals surface area (Å²) in [4.78, 5) is 2.46. The number of anilines is 3. The van der Waals surface area contributed by atoms with Crippen LogP contribution in [-0.2, 0) is 16.2 Å². The number of hydrogen-bond acceptors (Lipinski definition) is 1. The normalized spacial score (nSPS) is 16.2. The van der Waals surface area contributed by atoms with E-state index in [0.29, 0.717) is 0 Å². The summed E-state index contributed by atoms with van der Waals surface area (Å²) in [7, 11) is 0. The Hall–Kier alpha value is -8.00. The number of benzene rings is 10. The van der Waals surface area contributed by atoms with Gasteiger partial charge in [0.2, 0.25) is 0 Å². The van der Waals surface area contributed by atoms with Crippen LogP contribution in [0.3, 0.4) is 0 Å². The van der Waals surface area contributed by atoms with Gasteiger partial charge in [0, 0.05) is 33.2 Å². The van der Waals surface area contributed by atoms with Gasteiger partial charge in [-0.15, -0.1) is 0 Å². The van der Waals surface area contributed by atoms with Crippen LogP contribution in [0.1, 0.15) is 73.6 Å². The van der Waals surface area contributed by atoms with Crippen LogP contribution in [0.5, 0.6) is 0 Å². The summed E-state index contributed by atoms with van der Waals surface area (Å²) in [5, 5.41) is 0. The molecule has 69 heavy (non-hydrogen) atoms. The molecule has 0 saturated carbocycles. The maximum Gasteiger partial charge on any atom is 0.0540 e. The minimum Gasteiger partial charge on any atom is -0.310 e. The molecule has 1 unspecified atom stereocenters. The van der Waals surface area contributed by atoms with E-state index in [1.54, 1.807) is 0 Å². The largest absolute Gasteiger partial charge is 0.310 e. The minimum atomic E-state index is -0.260. The van der Waals surface area contributed by atoms with E-state index in [4.69, 9.17) is 0 Å². The molecule has 330 valence electrons. The van der Waals surface area contributed by atoms with Crippen molar-refractivity contribution in [1.82, 2.24) is 0 Å². The molecule has 3 aliphatic rings. The average molecular weight is 884 g/mol. The summed E-state index contributed by atoms with van der Waals surface area (Å²) in [5.74, 6) is 0. The summed E-state index contributed by atoms with van der Waals surface area (Å²) in [6, 6.07) is 86.3. The van der Waals surface area contributed by atoms with Crippen molar-refractivity contribution in [2.75, 3.05) is 4.90 Å². The number of hydrogen-bond donors (Lipinski definition) is 0. The Morgan fingerprint density at radius 1 is 0.275 bits per heavy atom. The zero-order chi connectivity index (χ0) is 46.6. The van der Waals surface area contributed by atoms with Crippen LogP contribution in [0, 0.1) is 0 Å². The molecule has 0 bridgehead atoms. The van der Waals surface area contributed by atoms with Gasteiger partial charge in [-0.1, -0.05) is 216 Å². The third-order valence-electron chi connectivity index (χ3n) is 16.2. The van der Waals surface area contributed by atoms with Gasteiger partial charge in [-0.05, 0) is 150 Å². The monoisotopic (exact) mass is 883 g/mol. The lowest BCUT2D eigenvalue weighted by Crippen LogP contribution is -2.22. The zero-order valence-electron chi connectivity index (χ0n) is 39.9. The second-order valence-corrected chi connectivity index (χ2v) is 20.6. The van der Waals surface area contributed by atoms with E-state index in [2.05, 4.69) is 270 Å². The number of fused-ring (bicyclic) bond motifs is 9. The molecule has 10 aromatic carbocycles. The van der Waals surface area contributed by atoms with Gasteiger partial charge < -0.3 is 4.90 Å². The standard InChI is InChI=1S/C68H53N/c1-66(2)59-26-13-9-20-51(59)54-40-34-46(42-62(54)66)44-30-36-49(37-31-44)69(64-29-16-12-23-56(64)58-25-17-24-57-53-22-10-14-27-60(53)67(3,4)65(57)58)50-38-32-45(33-39-50)47-35-41-55-52-21-11-15-28-61(52)68(5,63(55)43-47)48-18-7-6-8-19-48/h6-43H,1-5H3. The fourth-order valence-electron chi connectivity index (χ4n) is 12.6. The Bertz CT molecular complexity index is 3670. The van der Waals surface area contributed by atoms with Gasteiger partial charge >= 0.3 is 0 Å². The second kappa shape index (κ2) is 15.3. The van der Waals surface area contributed by atoms with E-state index in [0.717, 1.165) is 17.1 Å². The van der Waals surface area contributed by atoms with Crippen LogP contribution in [-0.4, -0.2) is 0 Å². The average Bonchev–Trinajstić information content (AvgIpc) is 3.90. The predicted molar refractivity (Wildman–Crippen MR) is 290 cm³/mol. The van der Waals surface area contributed by atoms with Gasteiger partial charge in [0.05, 0.1) is 5.69 Å². The maximum absolute atomic E-state index is 2.46. The molecule has 10 aromatic rings. The summed E-state index contributed by atoms with van der Waals surface area (Å²) >= 11 is 0. The van der Waals surface area contributed by atoms with Gasteiger partial charge in [-0.25, -0.2) is 0 Å². The molecule has 0 saturated heterocycles. The molecular formula is C68H53N. The number of rotatable bonds is 7. The van der Waals surface area contributed by atoms with Gasteiger partial charge in [0.25, 0.3) is 0 Å². The lowest BCUT2D eigenvalue weighted by molar-refractivity contribution is 0.660. The topological polar surface area (TPSA) is 3.24 Å². The Kier molecular flexibility index (Phi) is 9.11. The molecule has 13 rings (SSSR count). The van der Waals surface area contributed by atoms with Crippen LogP contribution < -0.4 is 4.90 Å². The molecular weight excluding hydrogens is 831 g/mol. The van der Waals surface area contributed by atoms with Crippen LogP contribution >= 0.6 is 0 Å². The van der Waals surface area contributed by atoms with Crippen LogP contribution in [0.25, 0.3) is 66.8 Å². The molecule has 0 fully saturated rings. The van der Waals surface area contributed by atoms with E-state index < -0.39 is 0 Å². The van der Waals surface area contributed by atoms with Crippen molar-refractivity contribution in [1.29, 1.82) is 0 Å². The molecule has 0 N–H and O–H groups in total. The first kappa shape index (κ1) is 41.2. The molecule has 0 radical (unpaired) electrons. The highest BCUT2D eigenvalue weighted by molar-refractivity contribution is 5.95. The zero-order valence-corrected chi connectivity index (χ0v) is 39.9. The van der Waals surface area contributed by atoms with Gasteiger partial charge in [-0.2, -0.15) is 0 Å². The van der Waals surface area contributed by atoms with Crippen molar-refractivity contribution in [3.05, 3.63) is 269 Å². The summed E-state index contributed by atoms with van der Waals surface area (Å²) in [6.07, 6.45) is 0. The third-order valence-corrected chi connectivity index (χ3v) is 16.2. The molecule has 1 atom stereocenters. The lowest BCUT2D eigenvalue weighted by atomic mass is 9.74. The fourth-order valence-corrected chi connectivity index (χ4v) is 12.6. The molecule has 0 aromatic heterocycles. The van der Waals surface area contributed by atoms with Crippen molar-refractivity contribution in [3.63, 3.8) is 0 Å². The molecule has 0 spiro atoms. The van der Waals surface area contributed by atoms with Crippen molar-refractivity contribution >= 4 is 17.1 Å². The second-order valence-electron chi connectivity index (χ2n) is 20.6. The molecule has 3 aliphatic carbocycles. The Morgan fingerprint density at radius 2 is 0.681 bits per heavy atom. The molecule has 0 amide bonds. The Morgan fingerprint density at radius 3 is 1.29 bits per heavy atom. The smallest absolute Gasteiger partial charge is 0.0540 e. The highest BCUT2D eigenvalue weighted by atomic mass is 15.1. The third kappa shape index (κ3) is 6.09. The number of nitrogens with zero attached hydrogens (tertiary/aromatic N) is 1. The lowest BCUT2D eigenvalue weighted by Gasteiger charge is -2.30. The van der Waals surface area contributed by atoms with Gasteiger partial charge in [0.1, 0.15) is 0 Å².